The van der Waals surface area contributed by atoms with Crippen molar-refractivity contribution in [3.8, 4) is 11.4 Å². The molecular weight excluding hydrogens is 290 g/mol. The standard InChI is InChI=1S/C18H17N3O2/c22-16(12-11-14-7-3-1-4-8-14)19-13-17-20-18(21-23-17)15-9-5-2-6-10-15/h1-10H,11-13H2,(H,19,22). The molecule has 0 aliphatic carbocycles. The monoisotopic (exact) mass is 307 g/mol. The van der Waals surface area contributed by atoms with Crippen LogP contribution in [0.5, 0.6) is 0 Å². The van der Waals surface area contributed by atoms with Gasteiger partial charge in [0.2, 0.25) is 17.6 Å². The summed E-state index contributed by atoms with van der Waals surface area (Å²) < 4.78 is 5.16. The largest absolute Gasteiger partial charge is 0.347 e. The molecule has 0 atom stereocenters. The molecule has 0 aliphatic heterocycles. The molecule has 0 aliphatic rings. The number of nitrogens with zero attached hydrogens (tertiary/aromatic N) is 2. The molecule has 0 bridgehead atoms. The first-order chi connectivity index (χ1) is 11.3. The fourth-order valence-electron chi connectivity index (χ4n) is 2.20. The summed E-state index contributed by atoms with van der Waals surface area (Å²) in [6.07, 6.45) is 1.15. The van der Waals surface area contributed by atoms with Crippen LogP contribution >= 0.6 is 0 Å². The summed E-state index contributed by atoms with van der Waals surface area (Å²) in [6, 6.07) is 19.5. The van der Waals surface area contributed by atoms with E-state index in [1.807, 2.05) is 60.7 Å². The van der Waals surface area contributed by atoms with Crippen molar-refractivity contribution in [1.29, 1.82) is 0 Å². The number of rotatable bonds is 6. The van der Waals surface area contributed by atoms with Crippen molar-refractivity contribution in [2.24, 2.45) is 0 Å². The second-order valence-corrected chi connectivity index (χ2v) is 5.14. The first kappa shape index (κ1) is 15.0. The van der Waals surface area contributed by atoms with Gasteiger partial charge in [-0.25, -0.2) is 0 Å². The highest BCUT2D eigenvalue weighted by Gasteiger charge is 2.09. The van der Waals surface area contributed by atoms with E-state index in [2.05, 4.69) is 15.5 Å². The summed E-state index contributed by atoms with van der Waals surface area (Å²) in [5, 5.41) is 6.72. The first-order valence-corrected chi connectivity index (χ1v) is 7.50. The number of benzene rings is 2. The number of aromatic nitrogens is 2. The maximum absolute atomic E-state index is 11.9. The Labute approximate surface area is 134 Å². The molecule has 1 amide bonds. The van der Waals surface area contributed by atoms with E-state index >= 15 is 0 Å². The average molecular weight is 307 g/mol. The summed E-state index contributed by atoms with van der Waals surface area (Å²) >= 11 is 0. The zero-order valence-corrected chi connectivity index (χ0v) is 12.6. The van der Waals surface area contributed by atoms with Crippen molar-refractivity contribution in [2.75, 3.05) is 0 Å². The van der Waals surface area contributed by atoms with Crippen molar-refractivity contribution in [3.63, 3.8) is 0 Å². The smallest absolute Gasteiger partial charge is 0.246 e. The number of aryl methyl sites for hydroxylation is 1. The number of nitrogens with one attached hydrogen (secondary N) is 1. The molecule has 0 saturated heterocycles. The van der Waals surface area contributed by atoms with Crippen LogP contribution in [0.2, 0.25) is 0 Å². The Morgan fingerprint density at radius 1 is 1.00 bits per heavy atom. The molecule has 1 aromatic heterocycles. The minimum Gasteiger partial charge on any atom is -0.347 e. The number of amides is 1. The van der Waals surface area contributed by atoms with Crippen molar-refractivity contribution in [3.05, 3.63) is 72.1 Å². The van der Waals surface area contributed by atoms with E-state index in [4.69, 9.17) is 4.52 Å². The molecule has 116 valence electrons. The second-order valence-electron chi connectivity index (χ2n) is 5.14. The van der Waals surface area contributed by atoms with E-state index < -0.39 is 0 Å². The van der Waals surface area contributed by atoms with Gasteiger partial charge in [-0.3, -0.25) is 4.79 Å². The quantitative estimate of drug-likeness (QED) is 0.760. The van der Waals surface area contributed by atoms with Crippen LogP contribution in [-0.4, -0.2) is 16.0 Å². The van der Waals surface area contributed by atoms with Crippen LogP contribution in [0.3, 0.4) is 0 Å². The Balaban J connectivity index is 1.49. The van der Waals surface area contributed by atoms with Crippen LogP contribution in [-0.2, 0) is 17.8 Å². The number of carbonyl (C=O) groups excluding carboxylic acids is 1. The van der Waals surface area contributed by atoms with Gasteiger partial charge in [0.15, 0.2) is 0 Å². The van der Waals surface area contributed by atoms with Crippen LogP contribution < -0.4 is 5.32 Å². The van der Waals surface area contributed by atoms with E-state index in [1.165, 1.54) is 0 Å². The van der Waals surface area contributed by atoms with E-state index in [9.17, 15) is 4.79 Å². The van der Waals surface area contributed by atoms with Crippen LogP contribution in [0.15, 0.2) is 65.2 Å². The van der Waals surface area contributed by atoms with Gasteiger partial charge in [-0.1, -0.05) is 65.8 Å². The lowest BCUT2D eigenvalue weighted by molar-refractivity contribution is -0.121. The molecule has 0 radical (unpaired) electrons. The molecular formula is C18H17N3O2. The van der Waals surface area contributed by atoms with Gasteiger partial charge in [-0.2, -0.15) is 4.98 Å². The fraction of sp³-hybridized carbons (Fsp3) is 0.167. The molecule has 1 heterocycles. The van der Waals surface area contributed by atoms with E-state index in [0.29, 0.717) is 24.6 Å². The first-order valence-electron chi connectivity index (χ1n) is 7.50. The van der Waals surface area contributed by atoms with Crippen molar-refractivity contribution in [1.82, 2.24) is 15.5 Å². The van der Waals surface area contributed by atoms with Crippen molar-refractivity contribution >= 4 is 5.91 Å². The number of carbonyl (C=O) groups is 1. The second kappa shape index (κ2) is 7.35. The highest BCUT2D eigenvalue weighted by Crippen LogP contribution is 2.14. The lowest BCUT2D eigenvalue weighted by atomic mass is 10.1. The van der Waals surface area contributed by atoms with E-state index in [0.717, 1.165) is 11.1 Å². The number of hydrogen-bond donors (Lipinski definition) is 1. The molecule has 23 heavy (non-hydrogen) atoms. The van der Waals surface area contributed by atoms with E-state index in [-0.39, 0.29) is 12.5 Å². The lowest BCUT2D eigenvalue weighted by Crippen LogP contribution is -2.23. The van der Waals surface area contributed by atoms with Gasteiger partial charge >= 0.3 is 0 Å². The SMILES string of the molecule is O=C(CCc1ccccc1)NCc1nc(-c2ccccc2)no1. The summed E-state index contributed by atoms with van der Waals surface area (Å²) in [7, 11) is 0. The number of hydrogen-bond acceptors (Lipinski definition) is 4. The van der Waals surface area contributed by atoms with Gasteiger partial charge in [0.1, 0.15) is 0 Å². The lowest BCUT2D eigenvalue weighted by Gasteiger charge is -2.02. The van der Waals surface area contributed by atoms with Gasteiger partial charge in [0.05, 0.1) is 6.54 Å². The highest BCUT2D eigenvalue weighted by atomic mass is 16.5. The Kier molecular flexibility index (Phi) is 4.79. The third kappa shape index (κ3) is 4.26. The molecule has 5 nitrogen and oxygen atoms in total. The molecule has 1 N–H and O–H groups in total. The molecule has 0 saturated carbocycles. The van der Waals surface area contributed by atoms with Gasteiger partial charge in [-0.05, 0) is 12.0 Å². The van der Waals surface area contributed by atoms with Gasteiger partial charge in [0, 0.05) is 12.0 Å². The topological polar surface area (TPSA) is 68.0 Å². The van der Waals surface area contributed by atoms with Crippen molar-refractivity contribution < 1.29 is 9.32 Å². The average Bonchev–Trinajstić information content (AvgIpc) is 3.09. The molecule has 0 fully saturated rings. The zero-order valence-electron chi connectivity index (χ0n) is 12.6. The van der Waals surface area contributed by atoms with Crippen LogP contribution in [0.25, 0.3) is 11.4 Å². The summed E-state index contributed by atoms with van der Waals surface area (Å²) in [5.74, 6) is 0.893. The Bertz CT molecular complexity index is 754. The third-order valence-corrected chi connectivity index (χ3v) is 3.42. The molecule has 2 aromatic carbocycles. The summed E-state index contributed by atoms with van der Waals surface area (Å²) in [6.45, 7) is 0.244. The Morgan fingerprint density at radius 3 is 2.43 bits per heavy atom. The zero-order chi connectivity index (χ0) is 15.9. The van der Waals surface area contributed by atoms with E-state index in [1.54, 1.807) is 0 Å². The van der Waals surface area contributed by atoms with Crippen LogP contribution in [0.1, 0.15) is 17.9 Å². The predicted octanol–water partition coefficient (Wildman–Crippen LogP) is 2.99. The van der Waals surface area contributed by atoms with Gasteiger partial charge in [-0.15, -0.1) is 0 Å². The molecule has 3 aromatic rings. The molecule has 3 rings (SSSR count). The fourth-order valence-corrected chi connectivity index (χ4v) is 2.20. The molecule has 0 unspecified atom stereocenters. The van der Waals surface area contributed by atoms with Crippen molar-refractivity contribution in [2.45, 2.75) is 19.4 Å². The van der Waals surface area contributed by atoms with Gasteiger partial charge < -0.3 is 9.84 Å². The predicted molar refractivity (Wildman–Crippen MR) is 86.3 cm³/mol. The third-order valence-electron chi connectivity index (χ3n) is 3.42. The maximum Gasteiger partial charge on any atom is 0.246 e. The highest BCUT2D eigenvalue weighted by molar-refractivity contribution is 5.76. The Morgan fingerprint density at radius 2 is 1.70 bits per heavy atom. The normalized spacial score (nSPS) is 10.4. The van der Waals surface area contributed by atoms with Crippen LogP contribution in [0, 0.1) is 0 Å². The summed E-state index contributed by atoms with van der Waals surface area (Å²) in [5.41, 5.74) is 2.03. The van der Waals surface area contributed by atoms with Gasteiger partial charge in [0.25, 0.3) is 0 Å². The minimum atomic E-state index is -0.0340. The molecule has 5 heteroatoms. The maximum atomic E-state index is 11.9. The van der Waals surface area contributed by atoms with Crippen LogP contribution in [0.4, 0.5) is 0 Å². The minimum absolute atomic E-state index is 0.0340. The summed E-state index contributed by atoms with van der Waals surface area (Å²) in [4.78, 5) is 16.1. The molecule has 0 spiro atoms. The Hall–Kier alpha value is -2.95.